The second-order valence-electron chi connectivity index (χ2n) is 19.8. The molecule has 3 unspecified atom stereocenters. The molecule has 0 aliphatic heterocycles. The van der Waals surface area contributed by atoms with Gasteiger partial charge in [0.25, 0.3) is 8.32 Å². The molecule has 0 heterocycles. The summed E-state index contributed by atoms with van der Waals surface area (Å²) in [5.41, 5.74) is 0.585. The Labute approximate surface area is 379 Å². The molecule has 11 nitrogen and oxygen atoms in total. The van der Waals surface area contributed by atoms with Gasteiger partial charge in [0.1, 0.15) is 35.8 Å². The van der Waals surface area contributed by atoms with Crippen LogP contribution in [0, 0.1) is 12.8 Å². The lowest BCUT2D eigenvalue weighted by Crippen LogP contribution is -2.46. The van der Waals surface area contributed by atoms with Gasteiger partial charge in [0.05, 0.1) is 12.6 Å². The largest absolute Gasteiger partial charge is 0.543 e. The van der Waals surface area contributed by atoms with E-state index in [9.17, 15) is 19.2 Å². The number of amides is 2. The zero-order valence-electron chi connectivity index (χ0n) is 40.8. The van der Waals surface area contributed by atoms with Gasteiger partial charge in [0.15, 0.2) is 11.5 Å². The van der Waals surface area contributed by atoms with Crippen molar-refractivity contribution < 1.29 is 43.1 Å². The quantitative estimate of drug-likeness (QED) is 0.0409. The molecular formula is C44H71BBrN2O9SSi2. The Morgan fingerprint density at radius 1 is 0.850 bits per heavy atom. The van der Waals surface area contributed by atoms with Gasteiger partial charge in [-0.15, -0.1) is 0 Å². The minimum atomic E-state index is -2.43. The summed E-state index contributed by atoms with van der Waals surface area (Å²) in [7, 11) is -3.61. The number of Topliss-reactive ketones (excluding diaryl/α,β-unsaturated/α-hetero) is 1. The van der Waals surface area contributed by atoms with Gasteiger partial charge in [-0.3, -0.25) is 14.4 Å². The van der Waals surface area contributed by atoms with E-state index in [0.29, 0.717) is 17.1 Å². The van der Waals surface area contributed by atoms with Crippen molar-refractivity contribution in [2.75, 3.05) is 18.8 Å². The fourth-order valence-electron chi connectivity index (χ4n) is 5.21. The summed E-state index contributed by atoms with van der Waals surface area (Å²) in [6.45, 7) is 31.8. The Kier molecular flexibility index (Phi) is 17.7. The van der Waals surface area contributed by atoms with Gasteiger partial charge in [-0.1, -0.05) is 75.7 Å². The second kappa shape index (κ2) is 21.4. The second-order valence-corrected chi connectivity index (χ2v) is 31.9. The fourth-order valence-corrected chi connectivity index (χ4v) is 7.72. The number of aryl methyl sites for hydroxylation is 1. The summed E-state index contributed by atoms with van der Waals surface area (Å²) in [4.78, 5) is 54.2. The number of hydrogen-bond donors (Lipinski definition) is 2. The van der Waals surface area contributed by atoms with Crippen molar-refractivity contribution in [2.45, 2.75) is 155 Å². The first kappa shape index (κ1) is 49.7. The van der Waals surface area contributed by atoms with Crippen LogP contribution in [0.4, 0.5) is 4.79 Å². The molecule has 1 radical (unpaired) electrons. The molecular weight excluding hydrogens is 879 g/mol. The Morgan fingerprint density at radius 3 is 1.92 bits per heavy atom. The molecule has 0 aliphatic carbocycles. The third-order valence-corrected chi connectivity index (χ3v) is 20.1. The Morgan fingerprint density at radius 2 is 1.40 bits per heavy atom. The number of nitrogens with one attached hydrogen (secondary N) is 2. The predicted molar refractivity (Wildman–Crippen MR) is 254 cm³/mol. The number of alkyl carbamates (subject to hydrolysis) is 1. The molecule has 0 fully saturated rings. The van der Waals surface area contributed by atoms with Gasteiger partial charge in [0, 0.05) is 25.8 Å². The van der Waals surface area contributed by atoms with Crippen molar-refractivity contribution in [3.05, 3.63) is 53.1 Å². The van der Waals surface area contributed by atoms with Gasteiger partial charge < -0.3 is 33.1 Å². The number of benzene rings is 2. The molecule has 335 valence electrons. The molecule has 3 atom stereocenters. The number of hydrogen-bond acceptors (Lipinski definition) is 10. The highest BCUT2D eigenvalue weighted by atomic mass is 79.9. The summed E-state index contributed by atoms with van der Waals surface area (Å²) < 4.78 is 44.6. The first-order valence-electron chi connectivity index (χ1n) is 21.5. The van der Waals surface area contributed by atoms with E-state index in [4.69, 9.17) is 25.2 Å². The molecule has 0 spiro atoms. The van der Waals surface area contributed by atoms with Crippen LogP contribution in [0.2, 0.25) is 36.3 Å². The van der Waals surface area contributed by atoms with Crippen LogP contribution in [0.15, 0.2) is 36.4 Å². The monoisotopic (exact) mass is 952 g/mol. The molecule has 0 bridgehead atoms. The van der Waals surface area contributed by atoms with Crippen LogP contribution in [0.1, 0.15) is 101 Å². The van der Waals surface area contributed by atoms with Gasteiger partial charge in [-0.25, -0.2) is 4.79 Å². The number of ether oxygens (including phenoxy) is 2. The molecule has 2 aromatic rings. The van der Waals surface area contributed by atoms with Crippen LogP contribution in [0.5, 0.6) is 17.2 Å². The molecule has 2 amide bonds. The van der Waals surface area contributed by atoms with E-state index in [-0.39, 0.29) is 48.3 Å². The number of esters is 1. The van der Waals surface area contributed by atoms with Crippen molar-refractivity contribution in [3.8, 4) is 17.2 Å². The van der Waals surface area contributed by atoms with Crippen molar-refractivity contribution in [1.29, 1.82) is 1.34 Å². The minimum Gasteiger partial charge on any atom is -0.543 e. The summed E-state index contributed by atoms with van der Waals surface area (Å²) in [6.07, 6.45) is -0.778. The van der Waals surface area contributed by atoms with Crippen molar-refractivity contribution in [2.24, 2.45) is 5.92 Å². The van der Waals surface area contributed by atoms with Crippen LogP contribution >= 0.6 is 28.0 Å². The van der Waals surface area contributed by atoms with E-state index >= 15 is 0 Å². The third-order valence-electron chi connectivity index (χ3n) is 10.7. The molecule has 16 heteroatoms. The topological polar surface area (TPSA) is 138 Å². The average Bonchev–Trinajstić information content (AvgIpc) is 3.10. The summed E-state index contributed by atoms with van der Waals surface area (Å²) in [5, 5.41) is 5.45. The van der Waals surface area contributed by atoms with Crippen LogP contribution in [0.25, 0.3) is 0 Å². The number of carbonyl (C=O) groups is 4. The molecule has 2 aromatic carbocycles. The van der Waals surface area contributed by atoms with E-state index in [1.807, 2.05) is 25.1 Å². The molecule has 60 heavy (non-hydrogen) atoms. The molecule has 0 saturated carbocycles. The first-order valence-corrected chi connectivity index (χ1v) is 27.8. The van der Waals surface area contributed by atoms with E-state index in [1.165, 1.54) is 0 Å². The van der Waals surface area contributed by atoms with Gasteiger partial charge >= 0.3 is 12.1 Å². The number of carbonyl (C=O) groups excluding carboxylic acids is 4. The van der Waals surface area contributed by atoms with Crippen LogP contribution < -0.4 is 23.7 Å². The Bertz CT molecular complexity index is 1860. The van der Waals surface area contributed by atoms with Crippen LogP contribution in [0.3, 0.4) is 0 Å². The number of alkyl halides is 1. The molecule has 2 N–H and O–H groups in total. The Hall–Kier alpha value is -2.95. The first-order chi connectivity index (χ1) is 28.2. The lowest BCUT2D eigenvalue weighted by molar-refractivity contribution is -0.145. The fraction of sp³-hybridized carbons (Fsp3) is 0.636. The highest BCUT2D eigenvalue weighted by Crippen LogP contribution is 2.42. The number of rotatable bonds is 21. The molecule has 0 aromatic heterocycles. The number of halogens is 1. The molecule has 2 rings (SSSR count). The minimum absolute atomic E-state index is 0.00550. The maximum absolute atomic E-state index is 14.5. The van der Waals surface area contributed by atoms with Crippen molar-refractivity contribution in [3.63, 3.8) is 0 Å². The lowest BCUT2D eigenvalue weighted by Gasteiger charge is -2.37. The zero-order chi connectivity index (χ0) is 47.6. The highest BCUT2D eigenvalue weighted by Gasteiger charge is 2.41. The Balaban J connectivity index is 2.59. The molecule has 0 saturated heterocycles. The summed E-state index contributed by atoms with van der Waals surface area (Å²) in [5.74, 6) is -0.679. The normalized spacial score (nSPS) is 14.7. The number of ketones is 1. The third kappa shape index (κ3) is 17.1. The highest BCUT2D eigenvalue weighted by molar-refractivity contribution is 9.10. The maximum Gasteiger partial charge on any atom is 0.408 e. The smallest absolute Gasteiger partial charge is 0.408 e. The van der Waals surface area contributed by atoms with Crippen LogP contribution in [-0.2, 0) is 36.7 Å². The standard InChI is InChI=1S/C44H71BBrN2O9SSi2/c1-29-23-30(17-19-35(29)56-59(13,14)42(5,6)7)25-33(48-40(52)54-41(2,3)4)34(49)27-32(38(50)47-21-22-53-39(51)44(11,12)46)24-31-18-20-36(55-58-28-45)37(26-31)57-60(15,16)43(8,9)10/h17-20,23,26,32-33,45H,21-22,24-25,27-28H2,1-16H3,(H,47,50)(H,48,52)/i28D,45T. The van der Waals surface area contributed by atoms with Gasteiger partial charge in [-0.05, 0) is 133 Å². The van der Waals surface area contributed by atoms with E-state index in [0.717, 1.165) is 36.7 Å². The van der Waals surface area contributed by atoms with E-state index in [2.05, 4.69) is 94.3 Å². The molecule has 0 aliphatic rings. The summed E-state index contributed by atoms with van der Waals surface area (Å²) in [6, 6.07) is 9.97. The van der Waals surface area contributed by atoms with Crippen LogP contribution in [-0.4, -0.2) is 84.3 Å². The maximum atomic E-state index is 14.5. The van der Waals surface area contributed by atoms with E-state index < -0.39 is 62.1 Å². The summed E-state index contributed by atoms with van der Waals surface area (Å²) >= 11 is 4.09. The predicted octanol–water partition coefficient (Wildman–Crippen LogP) is 9.74. The van der Waals surface area contributed by atoms with E-state index in [1.54, 1.807) is 52.8 Å². The zero-order valence-corrected chi connectivity index (χ0v) is 43.2. The lowest BCUT2D eigenvalue weighted by atomic mass is 9.89. The van der Waals surface area contributed by atoms with Crippen molar-refractivity contribution in [1.82, 2.24) is 10.6 Å². The SMILES string of the molecule is [2H]C([B][3H])SOc1ccc(CC(CC(=O)C(Cc2ccc(O[Si](C)(C)C(C)(C)C)c(C)c2)NC(=O)OC(C)(C)C)C(=O)NCCOC(=O)C(C)(C)Br)cc1O[Si](C)(C)C(C)(C)C. The average molecular weight is 954 g/mol. The van der Waals surface area contributed by atoms with Gasteiger partial charge in [0.2, 0.25) is 14.2 Å². The van der Waals surface area contributed by atoms with Crippen molar-refractivity contribution >= 4 is 76.2 Å². The van der Waals surface area contributed by atoms with Gasteiger partial charge in [-0.2, -0.15) is 0 Å².